The molecule has 24 rings (SSSR count). The van der Waals surface area contributed by atoms with Crippen LogP contribution in [0.5, 0.6) is 0 Å². The SMILES string of the molecule is c1ccc(-c2ccc(-c3cc(-c4cccc(-n5c6ccccc6c6ccccc65)c4)nc(-c4cccnc4)n3)cc2)cc1.c1ccc(-c2ccc(-c3cc(-c4cccc(-n5c6ccccc6c6ccccc65)c4)nc(-c4ccco4)n3)cc2)cc1.c1ccc(-c2ccc(-c3cc(-c4cccc(-n5c6ccccc6c6ccccc65)c4)nc(-c4ccncc4)n3)cc2)cc1. The Balaban J connectivity index is 0.000000113. The van der Waals surface area contributed by atoms with Crippen molar-refractivity contribution in [2.24, 2.45) is 0 Å². The summed E-state index contributed by atoms with van der Waals surface area (Å²) in [5.41, 5.74) is 30.5. The van der Waals surface area contributed by atoms with E-state index in [0.29, 0.717) is 23.2 Å². The summed E-state index contributed by atoms with van der Waals surface area (Å²) in [6, 6.07) is 152. The van der Waals surface area contributed by atoms with Crippen LogP contribution in [0.15, 0.2) is 472 Å². The van der Waals surface area contributed by atoms with Gasteiger partial charge in [0.25, 0.3) is 0 Å². The quantitative estimate of drug-likeness (QED) is 0.0984. The first-order valence-corrected chi connectivity index (χ1v) is 42.7. The van der Waals surface area contributed by atoms with Gasteiger partial charge in [0.1, 0.15) is 0 Å². The molecule has 0 aliphatic heterocycles. The average Bonchev–Trinajstić information content (AvgIpc) is 1.60. The third-order valence-electron chi connectivity index (χ3n) is 23.6. The molecule has 0 unspecified atom stereocenters. The van der Waals surface area contributed by atoms with Crippen LogP contribution in [0.2, 0.25) is 0 Å². The molecule has 0 atom stereocenters. The van der Waals surface area contributed by atoms with Gasteiger partial charge in [-0.3, -0.25) is 9.97 Å². The molecule has 602 valence electrons. The highest BCUT2D eigenvalue weighted by Gasteiger charge is 2.21. The van der Waals surface area contributed by atoms with Crippen LogP contribution in [-0.4, -0.2) is 53.6 Å². The lowest BCUT2D eigenvalue weighted by atomic mass is 10.0. The van der Waals surface area contributed by atoms with Crippen molar-refractivity contribution < 1.29 is 4.42 Å². The number of para-hydroxylation sites is 6. The molecule has 0 N–H and O–H groups in total. The Morgan fingerprint density at radius 2 is 0.445 bits per heavy atom. The van der Waals surface area contributed by atoms with Crippen LogP contribution in [0.1, 0.15) is 0 Å². The predicted octanol–water partition coefficient (Wildman–Crippen LogP) is 29.1. The number of pyridine rings is 2. The van der Waals surface area contributed by atoms with Crippen LogP contribution >= 0.6 is 0 Å². The number of rotatable bonds is 15. The Morgan fingerprint density at radius 3 is 0.758 bits per heavy atom. The lowest BCUT2D eigenvalue weighted by Gasteiger charge is -2.12. The summed E-state index contributed by atoms with van der Waals surface area (Å²) in [4.78, 5) is 38.5. The minimum atomic E-state index is 0.557. The van der Waals surface area contributed by atoms with Crippen molar-refractivity contribution in [3.05, 3.63) is 468 Å². The maximum atomic E-state index is 5.73. The predicted molar refractivity (Wildman–Crippen MR) is 522 cm³/mol. The fourth-order valence-corrected chi connectivity index (χ4v) is 17.4. The van der Waals surface area contributed by atoms with Gasteiger partial charge in [-0.15, -0.1) is 0 Å². The Kier molecular flexibility index (Phi) is 20.4. The monoisotopic (exact) mass is 1640 g/mol. The van der Waals surface area contributed by atoms with E-state index < -0.39 is 0 Å². The first kappa shape index (κ1) is 76.6. The van der Waals surface area contributed by atoms with E-state index in [1.807, 2.05) is 60.8 Å². The minimum Gasteiger partial charge on any atom is -0.461 e. The average molecular weight is 1640 g/mol. The molecule has 9 heterocycles. The summed E-state index contributed by atoms with van der Waals surface area (Å²) in [6.07, 6.45) is 8.80. The van der Waals surface area contributed by atoms with Gasteiger partial charge < -0.3 is 18.1 Å². The second-order valence-corrected chi connectivity index (χ2v) is 31.4. The summed E-state index contributed by atoms with van der Waals surface area (Å²) in [6.45, 7) is 0. The van der Waals surface area contributed by atoms with Crippen molar-refractivity contribution in [1.29, 1.82) is 0 Å². The molecule has 24 aromatic rings. The maximum Gasteiger partial charge on any atom is 0.196 e. The van der Waals surface area contributed by atoms with E-state index >= 15 is 0 Å². The number of aromatic nitrogens is 11. The Hall–Kier alpha value is -17.5. The number of fused-ring (bicyclic) bond motifs is 9. The second kappa shape index (κ2) is 34.1. The highest BCUT2D eigenvalue weighted by Crippen LogP contribution is 2.41. The van der Waals surface area contributed by atoms with Crippen LogP contribution in [0.25, 0.3) is 218 Å². The number of furan rings is 1. The minimum absolute atomic E-state index is 0.557. The van der Waals surface area contributed by atoms with E-state index in [-0.39, 0.29) is 0 Å². The number of benzene rings is 15. The molecule has 0 spiro atoms. The second-order valence-electron chi connectivity index (χ2n) is 31.4. The lowest BCUT2D eigenvalue weighted by molar-refractivity contribution is 0.577. The fourth-order valence-electron chi connectivity index (χ4n) is 17.4. The molecule has 9 aromatic heterocycles. The Labute approximate surface area is 738 Å². The van der Waals surface area contributed by atoms with Crippen molar-refractivity contribution in [2.45, 2.75) is 0 Å². The van der Waals surface area contributed by atoms with Gasteiger partial charge in [0.2, 0.25) is 0 Å². The molecule has 128 heavy (non-hydrogen) atoms. The number of hydrogen-bond donors (Lipinski definition) is 0. The van der Waals surface area contributed by atoms with E-state index in [0.717, 1.165) is 95.7 Å². The summed E-state index contributed by atoms with van der Waals surface area (Å²) >= 11 is 0. The molecule has 12 nitrogen and oxygen atoms in total. The molecule has 12 heteroatoms. The fraction of sp³-hybridized carbons (Fsp3) is 0. The van der Waals surface area contributed by atoms with Gasteiger partial charge in [0.15, 0.2) is 23.2 Å². The zero-order chi connectivity index (χ0) is 85.1. The normalized spacial score (nSPS) is 11.3. The zero-order valence-corrected chi connectivity index (χ0v) is 69.3. The summed E-state index contributed by atoms with van der Waals surface area (Å²) in [5.74, 6) is 2.51. The van der Waals surface area contributed by atoms with E-state index in [2.05, 4.69) is 406 Å². The van der Waals surface area contributed by atoms with Gasteiger partial charge >= 0.3 is 0 Å². The molecule has 0 saturated carbocycles. The van der Waals surface area contributed by atoms with Gasteiger partial charge in [0.05, 0.1) is 73.5 Å². The smallest absolute Gasteiger partial charge is 0.196 e. The summed E-state index contributed by atoms with van der Waals surface area (Å²) in [7, 11) is 0. The third-order valence-corrected chi connectivity index (χ3v) is 23.6. The van der Waals surface area contributed by atoms with E-state index in [1.165, 1.54) is 98.8 Å². The van der Waals surface area contributed by atoms with Crippen LogP contribution < -0.4 is 0 Å². The van der Waals surface area contributed by atoms with Gasteiger partial charge in [-0.25, -0.2) is 29.9 Å². The topological polar surface area (TPSA) is 131 Å². The van der Waals surface area contributed by atoms with Crippen LogP contribution in [0.4, 0.5) is 0 Å². The van der Waals surface area contributed by atoms with E-state index in [4.69, 9.17) is 34.3 Å². The molecule has 0 aliphatic rings. The van der Waals surface area contributed by atoms with Crippen LogP contribution in [0.3, 0.4) is 0 Å². The van der Waals surface area contributed by atoms with Crippen molar-refractivity contribution >= 4 is 65.4 Å². The standard InChI is InChI=1S/2C39H26N4.C38H25N3O/c1-2-10-27(11-3-1)28-19-21-29(22-20-28)35-25-36(42-39(41-35)31-13-9-23-40-26-31)30-12-8-14-32(24-30)43-37-17-6-4-15-33(37)34-16-5-7-18-38(34)43;1-2-9-27(10-3-1)28-17-19-29(20-18-28)35-26-36(42-39(41-35)30-21-23-40-24-22-30)31-11-8-12-32(25-31)43-37-15-6-4-13-33(37)34-14-5-7-16-38(34)43;1-2-10-26(11-3-1)27-19-21-28(22-20-27)33-25-34(40-38(39-33)37-18-9-23-42-37)29-12-8-13-30(24-29)41-35-16-6-4-14-31(35)32-15-5-7-17-36(32)41/h2*1-26H;1-25H. The van der Waals surface area contributed by atoms with Crippen LogP contribution in [0, 0.1) is 0 Å². The highest BCUT2D eigenvalue weighted by atomic mass is 16.3. The van der Waals surface area contributed by atoms with Crippen LogP contribution in [-0.2, 0) is 0 Å². The summed E-state index contributed by atoms with van der Waals surface area (Å²) < 4.78 is 12.7. The maximum absolute atomic E-state index is 5.73. The van der Waals surface area contributed by atoms with Crippen molar-refractivity contribution in [3.8, 4) is 152 Å². The summed E-state index contributed by atoms with van der Waals surface area (Å²) in [5, 5.41) is 7.44. The molecule has 0 aliphatic carbocycles. The van der Waals surface area contributed by atoms with E-state index in [1.54, 1.807) is 24.9 Å². The first-order valence-electron chi connectivity index (χ1n) is 42.7. The molecule has 15 aromatic carbocycles. The number of nitrogens with zero attached hydrogens (tertiary/aromatic N) is 11. The third kappa shape index (κ3) is 15.2. The lowest BCUT2D eigenvalue weighted by Crippen LogP contribution is -1.98. The van der Waals surface area contributed by atoms with Crippen molar-refractivity contribution in [1.82, 2.24) is 53.6 Å². The molecule has 0 saturated heterocycles. The molecule has 0 fully saturated rings. The Bertz CT molecular complexity index is 7660. The molecule has 0 radical (unpaired) electrons. The highest BCUT2D eigenvalue weighted by molar-refractivity contribution is 6.11. The largest absolute Gasteiger partial charge is 0.461 e. The number of hydrogen-bond acceptors (Lipinski definition) is 9. The van der Waals surface area contributed by atoms with Gasteiger partial charge in [-0.05, 0) is 161 Å². The van der Waals surface area contributed by atoms with Crippen molar-refractivity contribution in [3.63, 3.8) is 0 Å². The molecular weight excluding hydrogens is 1560 g/mol. The van der Waals surface area contributed by atoms with Gasteiger partial charge in [-0.2, -0.15) is 0 Å². The van der Waals surface area contributed by atoms with Gasteiger partial charge in [0, 0.05) is 119 Å². The Morgan fingerprint density at radius 1 is 0.172 bits per heavy atom. The molecule has 0 amide bonds. The van der Waals surface area contributed by atoms with Crippen molar-refractivity contribution in [2.75, 3.05) is 0 Å². The zero-order valence-electron chi connectivity index (χ0n) is 69.3. The molecule has 0 bridgehead atoms. The van der Waals surface area contributed by atoms with Gasteiger partial charge in [-0.1, -0.05) is 309 Å². The first-order chi connectivity index (χ1) is 63.4. The molecular formula is C116H77N11O. The van der Waals surface area contributed by atoms with E-state index in [9.17, 15) is 0 Å².